The van der Waals surface area contributed by atoms with Gasteiger partial charge in [0.2, 0.25) is 0 Å². The second-order valence-electron chi connectivity index (χ2n) is 5.30. The van der Waals surface area contributed by atoms with Gasteiger partial charge >= 0.3 is 6.18 Å². The van der Waals surface area contributed by atoms with Crippen LogP contribution in [0.5, 0.6) is 0 Å². The van der Waals surface area contributed by atoms with Crippen molar-refractivity contribution in [3.05, 3.63) is 11.3 Å². The van der Waals surface area contributed by atoms with E-state index in [-0.39, 0.29) is 18.7 Å². The van der Waals surface area contributed by atoms with E-state index in [0.29, 0.717) is 29.1 Å². The molecule has 0 saturated heterocycles. The molecule has 1 aromatic rings. The molecular weight excluding hydrogens is 303 g/mol. The van der Waals surface area contributed by atoms with Crippen LogP contribution >= 0.6 is 11.5 Å². The Balaban J connectivity index is 2.04. The number of carbonyl (C=O) groups is 1. The summed E-state index contributed by atoms with van der Waals surface area (Å²) in [7, 11) is 1.68. The molecule has 1 aliphatic rings. The Bertz CT molecular complexity index is 515. The first-order valence-corrected chi connectivity index (χ1v) is 7.62. The predicted octanol–water partition coefficient (Wildman–Crippen LogP) is 3.34. The summed E-state index contributed by atoms with van der Waals surface area (Å²) >= 11 is 1.17. The van der Waals surface area contributed by atoms with E-state index < -0.39 is 18.1 Å². The lowest BCUT2D eigenvalue weighted by Crippen LogP contribution is -2.41. The number of rotatable bonds is 3. The molecule has 0 unspecified atom stereocenters. The third-order valence-electron chi connectivity index (χ3n) is 3.79. The van der Waals surface area contributed by atoms with Gasteiger partial charge < -0.3 is 10.6 Å². The van der Waals surface area contributed by atoms with Crippen LogP contribution in [-0.2, 0) is 0 Å². The minimum absolute atomic E-state index is 0.0409. The fourth-order valence-corrected chi connectivity index (χ4v) is 3.43. The molecule has 0 bridgehead atoms. The van der Waals surface area contributed by atoms with E-state index in [4.69, 9.17) is 0 Å². The first-order valence-electron chi connectivity index (χ1n) is 6.84. The zero-order valence-corrected chi connectivity index (χ0v) is 12.7. The van der Waals surface area contributed by atoms with E-state index in [1.165, 1.54) is 11.5 Å². The molecule has 2 rings (SSSR count). The molecule has 118 valence electrons. The molecule has 1 aromatic heterocycles. The van der Waals surface area contributed by atoms with Gasteiger partial charge in [0.1, 0.15) is 5.00 Å². The minimum Gasteiger partial charge on any atom is -0.378 e. The van der Waals surface area contributed by atoms with Gasteiger partial charge in [-0.15, -0.1) is 0 Å². The molecule has 0 spiro atoms. The zero-order valence-electron chi connectivity index (χ0n) is 11.9. The van der Waals surface area contributed by atoms with Gasteiger partial charge in [0.05, 0.1) is 17.2 Å². The molecule has 0 radical (unpaired) electrons. The minimum atomic E-state index is -4.18. The lowest BCUT2D eigenvalue weighted by molar-refractivity contribution is -0.183. The van der Waals surface area contributed by atoms with Crippen LogP contribution < -0.4 is 10.6 Å². The quantitative estimate of drug-likeness (QED) is 0.898. The molecule has 2 atom stereocenters. The third kappa shape index (κ3) is 3.66. The number of alkyl halides is 3. The summed E-state index contributed by atoms with van der Waals surface area (Å²) in [6, 6.07) is -0.429. The number of halogens is 3. The van der Waals surface area contributed by atoms with Gasteiger partial charge in [-0.05, 0) is 37.7 Å². The number of aryl methyl sites for hydroxylation is 1. The Hall–Kier alpha value is -1.31. The van der Waals surface area contributed by atoms with Crippen molar-refractivity contribution in [3.63, 3.8) is 0 Å². The summed E-state index contributed by atoms with van der Waals surface area (Å²) in [4.78, 5) is 12.3. The standard InChI is InChI=1S/C13H18F3N3OS/c1-7-10(12(17-2)21-19-7)11(20)18-9-5-3-4-8(6-9)13(14,15)16/h8-9,17H,3-6H2,1-2H3,(H,18,20)/t8-,9-/m0/s1. The van der Waals surface area contributed by atoms with Crippen LogP contribution in [0.3, 0.4) is 0 Å². The Morgan fingerprint density at radius 2 is 2.10 bits per heavy atom. The van der Waals surface area contributed by atoms with Gasteiger partial charge in [-0.2, -0.15) is 17.5 Å². The van der Waals surface area contributed by atoms with E-state index in [0.717, 1.165) is 0 Å². The highest BCUT2D eigenvalue weighted by Gasteiger charge is 2.42. The normalized spacial score (nSPS) is 22.9. The molecule has 1 saturated carbocycles. The predicted molar refractivity (Wildman–Crippen MR) is 75.7 cm³/mol. The van der Waals surface area contributed by atoms with E-state index in [2.05, 4.69) is 15.0 Å². The summed E-state index contributed by atoms with van der Waals surface area (Å²) in [5, 5.41) is 6.24. The maximum Gasteiger partial charge on any atom is 0.391 e. The van der Waals surface area contributed by atoms with Crippen molar-refractivity contribution in [2.24, 2.45) is 5.92 Å². The number of hydrogen-bond donors (Lipinski definition) is 2. The van der Waals surface area contributed by atoms with Crippen molar-refractivity contribution in [1.29, 1.82) is 0 Å². The topological polar surface area (TPSA) is 54.0 Å². The average molecular weight is 321 g/mol. The molecule has 4 nitrogen and oxygen atoms in total. The van der Waals surface area contributed by atoms with E-state index >= 15 is 0 Å². The summed E-state index contributed by atoms with van der Waals surface area (Å²) < 4.78 is 42.4. The molecule has 0 aliphatic heterocycles. The highest BCUT2D eigenvalue weighted by atomic mass is 32.1. The van der Waals surface area contributed by atoms with Gasteiger partial charge in [0.15, 0.2) is 0 Å². The molecule has 1 amide bonds. The van der Waals surface area contributed by atoms with Crippen molar-refractivity contribution in [2.75, 3.05) is 12.4 Å². The number of hydrogen-bond acceptors (Lipinski definition) is 4. The molecule has 1 heterocycles. The van der Waals surface area contributed by atoms with Gasteiger partial charge in [0, 0.05) is 13.1 Å². The van der Waals surface area contributed by atoms with Gasteiger partial charge in [-0.3, -0.25) is 4.79 Å². The fourth-order valence-electron chi connectivity index (χ4n) is 2.68. The molecule has 21 heavy (non-hydrogen) atoms. The first kappa shape index (κ1) is 16.1. The van der Waals surface area contributed by atoms with Crippen molar-refractivity contribution >= 4 is 22.4 Å². The number of anilines is 1. The maximum absolute atomic E-state index is 12.8. The van der Waals surface area contributed by atoms with Crippen molar-refractivity contribution < 1.29 is 18.0 Å². The number of nitrogens with one attached hydrogen (secondary N) is 2. The van der Waals surface area contributed by atoms with Crippen LogP contribution in [0.2, 0.25) is 0 Å². The Labute approximate surface area is 125 Å². The molecular formula is C13H18F3N3OS. The van der Waals surface area contributed by atoms with Crippen LogP contribution in [-0.4, -0.2) is 29.5 Å². The van der Waals surface area contributed by atoms with Crippen LogP contribution in [0.25, 0.3) is 0 Å². The van der Waals surface area contributed by atoms with Gasteiger partial charge in [-0.1, -0.05) is 6.42 Å². The SMILES string of the molecule is CNc1snc(C)c1C(=O)N[C@H]1CCC[C@H](C(F)(F)F)C1. The highest BCUT2D eigenvalue weighted by Crippen LogP contribution is 2.37. The first-order chi connectivity index (χ1) is 9.82. The van der Waals surface area contributed by atoms with Crippen molar-refractivity contribution in [2.45, 2.75) is 44.8 Å². The van der Waals surface area contributed by atoms with Gasteiger partial charge in [0.25, 0.3) is 5.91 Å². The lowest BCUT2D eigenvalue weighted by Gasteiger charge is -2.31. The summed E-state index contributed by atoms with van der Waals surface area (Å²) in [6.45, 7) is 1.71. The second kappa shape index (κ2) is 6.21. The zero-order chi connectivity index (χ0) is 15.6. The number of carbonyl (C=O) groups excluding carboxylic acids is 1. The summed E-state index contributed by atoms with van der Waals surface area (Å²) in [5.41, 5.74) is 1.02. The smallest absolute Gasteiger partial charge is 0.378 e. The lowest BCUT2D eigenvalue weighted by atomic mass is 9.85. The molecule has 8 heteroatoms. The summed E-state index contributed by atoms with van der Waals surface area (Å²) in [6.07, 6.45) is -3.00. The molecule has 0 aromatic carbocycles. The van der Waals surface area contributed by atoms with Crippen LogP contribution in [0, 0.1) is 12.8 Å². The maximum atomic E-state index is 12.8. The van der Waals surface area contributed by atoms with Crippen LogP contribution in [0.4, 0.5) is 18.2 Å². The van der Waals surface area contributed by atoms with Crippen LogP contribution in [0.15, 0.2) is 0 Å². The molecule has 1 aliphatic carbocycles. The Morgan fingerprint density at radius 3 is 2.71 bits per heavy atom. The van der Waals surface area contributed by atoms with E-state index in [9.17, 15) is 18.0 Å². The number of amides is 1. The van der Waals surface area contributed by atoms with E-state index in [1.54, 1.807) is 14.0 Å². The van der Waals surface area contributed by atoms with E-state index in [1.807, 2.05) is 0 Å². The average Bonchev–Trinajstić information content (AvgIpc) is 2.79. The van der Waals surface area contributed by atoms with Crippen molar-refractivity contribution in [3.8, 4) is 0 Å². The van der Waals surface area contributed by atoms with Crippen LogP contribution in [0.1, 0.15) is 41.7 Å². The summed E-state index contributed by atoms with van der Waals surface area (Å²) in [5.74, 6) is -1.67. The number of aromatic nitrogens is 1. The fraction of sp³-hybridized carbons (Fsp3) is 0.692. The monoisotopic (exact) mass is 321 g/mol. The Morgan fingerprint density at radius 1 is 1.38 bits per heavy atom. The second-order valence-corrected chi connectivity index (χ2v) is 6.07. The number of nitrogens with zero attached hydrogens (tertiary/aromatic N) is 1. The van der Waals surface area contributed by atoms with Gasteiger partial charge in [-0.25, -0.2) is 0 Å². The van der Waals surface area contributed by atoms with Crippen molar-refractivity contribution in [1.82, 2.24) is 9.69 Å². The largest absolute Gasteiger partial charge is 0.391 e. The Kier molecular flexibility index (Phi) is 4.75. The molecule has 2 N–H and O–H groups in total. The third-order valence-corrected chi connectivity index (χ3v) is 4.75. The molecule has 1 fully saturated rings. The highest BCUT2D eigenvalue weighted by molar-refractivity contribution is 7.10.